The van der Waals surface area contributed by atoms with Gasteiger partial charge in [-0.3, -0.25) is 9.88 Å². The van der Waals surface area contributed by atoms with Gasteiger partial charge in [-0.05, 0) is 31.5 Å². The Morgan fingerprint density at radius 1 is 1.61 bits per heavy atom. The lowest BCUT2D eigenvalue weighted by atomic mass is 10.1. The predicted octanol–water partition coefficient (Wildman–Crippen LogP) is 1.33. The normalized spacial score (nSPS) is 25.0. The Balaban J connectivity index is 2.08. The highest BCUT2D eigenvalue weighted by atomic mass is 32.1. The fraction of sp³-hybridized carbons (Fsp3) is 0.538. The number of hydrogen-bond acceptors (Lipinski definition) is 4. The predicted molar refractivity (Wildman–Crippen MR) is 75.4 cm³/mol. The summed E-state index contributed by atoms with van der Waals surface area (Å²) in [6.45, 7) is 6.90. The van der Waals surface area contributed by atoms with Crippen molar-refractivity contribution in [1.29, 1.82) is 0 Å². The molecule has 0 aromatic carbocycles. The SMILES string of the molecule is CC1CN(Cc2ccnc(C(N)=S)c2)C(C)CO1. The quantitative estimate of drug-likeness (QED) is 0.836. The lowest BCUT2D eigenvalue weighted by Gasteiger charge is -2.36. The van der Waals surface area contributed by atoms with Crippen LogP contribution in [0.3, 0.4) is 0 Å². The molecule has 0 amide bonds. The second-order valence-corrected chi connectivity index (χ2v) is 5.28. The second-order valence-electron chi connectivity index (χ2n) is 4.84. The summed E-state index contributed by atoms with van der Waals surface area (Å²) in [5.41, 5.74) is 7.48. The van der Waals surface area contributed by atoms with Gasteiger partial charge in [-0.15, -0.1) is 0 Å². The first-order valence-electron chi connectivity index (χ1n) is 6.16. The van der Waals surface area contributed by atoms with Crippen molar-refractivity contribution in [1.82, 2.24) is 9.88 Å². The standard InChI is InChI=1S/C13H19N3OS/c1-9-8-17-10(2)6-16(9)7-11-3-4-15-12(5-11)13(14)18/h3-5,9-10H,6-8H2,1-2H3,(H2,14,18). The molecule has 98 valence electrons. The van der Waals surface area contributed by atoms with Crippen LogP contribution in [0.25, 0.3) is 0 Å². The van der Waals surface area contributed by atoms with Crippen LogP contribution in [0.4, 0.5) is 0 Å². The van der Waals surface area contributed by atoms with Gasteiger partial charge in [0.2, 0.25) is 0 Å². The van der Waals surface area contributed by atoms with Crippen LogP contribution in [-0.4, -0.2) is 40.2 Å². The second kappa shape index (κ2) is 5.73. The number of hydrogen-bond donors (Lipinski definition) is 1. The molecule has 1 aliphatic rings. The van der Waals surface area contributed by atoms with Crippen LogP contribution in [0.15, 0.2) is 18.3 Å². The number of morpholine rings is 1. The molecule has 0 spiro atoms. The molecule has 0 radical (unpaired) electrons. The Hall–Kier alpha value is -1.04. The third-order valence-electron chi connectivity index (χ3n) is 3.20. The molecule has 4 nitrogen and oxygen atoms in total. The highest BCUT2D eigenvalue weighted by molar-refractivity contribution is 7.80. The van der Waals surface area contributed by atoms with Gasteiger partial charge < -0.3 is 10.5 Å². The number of rotatable bonds is 3. The van der Waals surface area contributed by atoms with Gasteiger partial charge in [0.15, 0.2) is 0 Å². The Kier molecular flexibility index (Phi) is 4.27. The summed E-state index contributed by atoms with van der Waals surface area (Å²) < 4.78 is 5.63. The van der Waals surface area contributed by atoms with Crippen molar-refractivity contribution in [2.45, 2.75) is 32.5 Å². The fourth-order valence-electron chi connectivity index (χ4n) is 2.13. The van der Waals surface area contributed by atoms with E-state index in [2.05, 4.69) is 23.7 Å². The summed E-state index contributed by atoms with van der Waals surface area (Å²) in [7, 11) is 0. The van der Waals surface area contributed by atoms with Crippen molar-refractivity contribution in [3.05, 3.63) is 29.6 Å². The number of nitrogens with two attached hydrogens (primary N) is 1. The maximum atomic E-state index is 5.63. The minimum Gasteiger partial charge on any atom is -0.388 e. The molecule has 2 N–H and O–H groups in total. The van der Waals surface area contributed by atoms with Crippen molar-refractivity contribution in [3.63, 3.8) is 0 Å². The molecule has 1 saturated heterocycles. The molecule has 2 heterocycles. The van der Waals surface area contributed by atoms with Gasteiger partial charge in [-0.2, -0.15) is 0 Å². The Morgan fingerprint density at radius 3 is 3.11 bits per heavy atom. The van der Waals surface area contributed by atoms with E-state index >= 15 is 0 Å². The molecule has 1 aliphatic heterocycles. The van der Waals surface area contributed by atoms with Crippen molar-refractivity contribution < 1.29 is 4.74 Å². The van der Waals surface area contributed by atoms with Crippen LogP contribution in [0, 0.1) is 0 Å². The smallest absolute Gasteiger partial charge is 0.122 e. The summed E-state index contributed by atoms with van der Waals surface area (Å²) in [5, 5.41) is 0. The van der Waals surface area contributed by atoms with Gasteiger partial charge in [0.1, 0.15) is 4.99 Å². The Morgan fingerprint density at radius 2 is 2.39 bits per heavy atom. The first-order valence-corrected chi connectivity index (χ1v) is 6.57. The lowest BCUT2D eigenvalue weighted by Crippen LogP contribution is -2.46. The molecule has 0 saturated carbocycles. The van der Waals surface area contributed by atoms with Gasteiger partial charge in [0, 0.05) is 25.3 Å². The monoisotopic (exact) mass is 265 g/mol. The molecule has 0 bridgehead atoms. The molecule has 18 heavy (non-hydrogen) atoms. The Bertz CT molecular complexity index is 438. The third-order valence-corrected chi connectivity index (χ3v) is 3.41. The average molecular weight is 265 g/mol. The van der Waals surface area contributed by atoms with Gasteiger partial charge in [0.25, 0.3) is 0 Å². The highest BCUT2D eigenvalue weighted by Gasteiger charge is 2.23. The van der Waals surface area contributed by atoms with Crippen LogP contribution in [-0.2, 0) is 11.3 Å². The maximum Gasteiger partial charge on any atom is 0.122 e. The summed E-state index contributed by atoms with van der Waals surface area (Å²) in [6.07, 6.45) is 2.05. The number of thiocarbonyl (C=S) groups is 1. The van der Waals surface area contributed by atoms with E-state index in [0.717, 1.165) is 19.7 Å². The van der Waals surface area contributed by atoms with E-state index in [4.69, 9.17) is 22.7 Å². The number of ether oxygens (including phenoxy) is 1. The first kappa shape index (κ1) is 13.4. The minimum atomic E-state index is 0.290. The minimum absolute atomic E-state index is 0.290. The lowest BCUT2D eigenvalue weighted by molar-refractivity contribution is -0.0526. The topological polar surface area (TPSA) is 51.4 Å². The zero-order valence-corrected chi connectivity index (χ0v) is 11.6. The molecule has 1 aromatic heterocycles. The molecule has 0 aliphatic carbocycles. The maximum absolute atomic E-state index is 5.63. The van der Waals surface area contributed by atoms with E-state index < -0.39 is 0 Å². The van der Waals surface area contributed by atoms with Crippen LogP contribution in [0.2, 0.25) is 0 Å². The third kappa shape index (κ3) is 3.25. The first-order chi connectivity index (χ1) is 8.56. The van der Waals surface area contributed by atoms with Crippen LogP contribution in [0.1, 0.15) is 25.1 Å². The molecule has 1 aromatic rings. The van der Waals surface area contributed by atoms with Gasteiger partial charge in [0.05, 0.1) is 18.4 Å². The number of pyridine rings is 1. The van der Waals surface area contributed by atoms with E-state index in [1.54, 1.807) is 6.20 Å². The number of aromatic nitrogens is 1. The summed E-state index contributed by atoms with van der Waals surface area (Å²) in [5.74, 6) is 0. The summed E-state index contributed by atoms with van der Waals surface area (Å²) in [6, 6.07) is 4.41. The number of nitrogens with zero attached hydrogens (tertiary/aromatic N) is 2. The fourth-order valence-corrected chi connectivity index (χ4v) is 2.25. The van der Waals surface area contributed by atoms with E-state index in [0.29, 0.717) is 16.7 Å². The highest BCUT2D eigenvalue weighted by Crippen LogP contribution is 2.15. The average Bonchev–Trinajstić information content (AvgIpc) is 2.34. The zero-order chi connectivity index (χ0) is 13.1. The molecule has 2 unspecified atom stereocenters. The molecule has 2 atom stereocenters. The van der Waals surface area contributed by atoms with E-state index in [9.17, 15) is 0 Å². The van der Waals surface area contributed by atoms with Gasteiger partial charge in [-0.25, -0.2) is 0 Å². The molecular weight excluding hydrogens is 246 g/mol. The summed E-state index contributed by atoms with van der Waals surface area (Å²) >= 11 is 4.95. The van der Waals surface area contributed by atoms with E-state index in [1.165, 1.54) is 5.56 Å². The van der Waals surface area contributed by atoms with Crippen LogP contribution in [0.5, 0.6) is 0 Å². The Labute approximate surface area is 113 Å². The van der Waals surface area contributed by atoms with Crippen molar-refractivity contribution in [3.8, 4) is 0 Å². The van der Waals surface area contributed by atoms with Crippen LogP contribution < -0.4 is 5.73 Å². The van der Waals surface area contributed by atoms with Gasteiger partial charge >= 0.3 is 0 Å². The van der Waals surface area contributed by atoms with Crippen molar-refractivity contribution in [2.24, 2.45) is 5.73 Å². The molecular formula is C13H19N3OS. The van der Waals surface area contributed by atoms with Crippen molar-refractivity contribution >= 4 is 17.2 Å². The van der Waals surface area contributed by atoms with Gasteiger partial charge in [-0.1, -0.05) is 12.2 Å². The van der Waals surface area contributed by atoms with E-state index in [-0.39, 0.29) is 6.10 Å². The summed E-state index contributed by atoms with van der Waals surface area (Å²) in [4.78, 5) is 6.91. The zero-order valence-electron chi connectivity index (χ0n) is 10.8. The molecule has 1 fully saturated rings. The van der Waals surface area contributed by atoms with Crippen LogP contribution >= 0.6 is 12.2 Å². The molecule has 5 heteroatoms. The van der Waals surface area contributed by atoms with E-state index in [1.807, 2.05) is 12.1 Å². The molecule has 2 rings (SSSR count). The van der Waals surface area contributed by atoms with Crippen molar-refractivity contribution in [2.75, 3.05) is 13.2 Å². The largest absolute Gasteiger partial charge is 0.388 e.